The molecule has 0 saturated carbocycles. The van der Waals surface area contributed by atoms with Crippen molar-refractivity contribution >= 4 is 0 Å². The summed E-state index contributed by atoms with van der Waals surface area (Å²) in [6.07, 6.45) is 4.73. The van der Waals surface area contributed by atoms with Crippen LogP contribution in [-0.4, -0.2) is 42.2 Å². The Balaban J connectivity index is 1.95. The number of likely N-dealkylation sites (N-methyl/N-ethyl adjacent to an activating group) is 1. The van der Waals surface area contributed by atoms with E-state index in [4.69, 9.17) is 14.2 Å². The Bertz CT molecular complexity index is 669. The van der Waals surface area contributed by atoms with Gasteiger partial charge in [0.2, 0.25) is 12.5 Å². The molecule has 21 heavy (non-hydrogen) atoms. The van der Waals surface area contributed by atoms with Crippen molar-refractivity contribution in [3.05, 3.63) is 35.7 Å². The molecule has 0 amide bonds. The molecular formula is C15H17N3O3. The normalized spacial score (nSPS) is 20.4. The van der Waals surface area contributed by atoms with Crippen molar-refractivity contribution in [1.29, 1.82) is 0 Å². The van der Waals surface area contributed by atoms with Gasteiger partial charge in [0, 0.05) is 24.5 Å². The van der Waals surface area contributed by atoms with Gasteiger partial charge in [-0.25, -0.2) is 0 Å². The van der Waals surface area contributed by atoms with Crippen LogP contribution < -0.4 is 14.2 Å². The lowest BCUT2D eigenvalue weighted by atomic mass is 9.95. The molecule has 1 atom stereocenters. The van der Waals surface area contributed by atoms with Gasteiger partial charge in [-0.15, -0.1) is 0 Å². The largest absolute Gasteiger partial charge is 0.492 e. The molecule has 0 aliphatic carbocycles. The quantitative estimate of drug-likeness (QED) is 0.840. The zero-order valence-electron chi connectivity index (χ0n) is 12.1. The molecule has 2 aliphatic heterocycles. The highest BCUT2D eigenvalue weighted by atomic mass is 16.7. The van der Waals surface area contributed by atoms with Gasteiger partial charge in [-0.1, -0.05) is 0 Å². The van der Waals surface area contributed by atoms with Crippen LogP contribution in [0.1, 0.15) is 17.3 Å². The van der Waals surface area contributed by atoms with Crippen LogP contribution in [0.15, 0.2) is 24.5 Å². The van der Waals surface area contributed by atoms with Crippen LogP contribution >= 0.6 is 0 Å². The highest BCUT2D eigenvalue weighted by Gasteiger charge is 2.35. The maximum absolute atomic E-state index is 5.66. The Hall–Kier alpha value is -2.21. The van der Waals surface area contributed by atoms with Crippen LogP contribution in [0.25, 0.3) is 0 Å². The molecule has 0 N–H and O–H groups in total. The Kier molecular flexibility index (Phi) is 2.78. The van der Waals surface area contributed by atoms with Crippen molar-refractivity contribution in [3.63, 3.8) is 0 Å². The molecular weight excluding hydrogens is 270 g/mol. The average Bonchev–Trinajstić information content (AvgIpc) is 3.15. The Labute approximate surface area is 122 Å². The molecule has 0 saturated heterocycles. The summed E-state index contributed by atoms with van der Waals surface area (Å²) in [5, 5.41) is 4.41. The second-order valence-corrected chi connectivity index (χ2v) is 5.31. The minimum absolute atomic E-state index is 0.00759. The molecule has 2 aromatic rings. The molecule has 2 aliphatic rings. The van der Waals surface area contributed by atoms with Gasteiger partial charge in [-0.2, -0.15) is 5.10 Å². The lowest BCUT2D eigenvalue weighted by Gasteiger charge is -2.35. The first-order valence-corrected chi connectivity index (χ1v) is 6.98. The minimum atomic E-state index is 0.00759. The predicted octanol–water partition coefficient (Wildman–Crippen LogP) is 1.66. The smallest absolute Gasteiger partial charge is 0.231 e. The number of hydrogen-bond acceptors (Lipinski definition) is 5. The summed E-state index contributed by atoms with van der Waals surface area (Å²) in [5.41, 5.74) is 2.34. The zero-order chi connectivity index (χ0) is 14.4. The van der Waals surface area contributed by atoms with Crippen LogP contribution in [0.4, 0.5) is 0 Å². The number of benzene rings is 1. The van der Waals surface area contributed by atoms with E-state index in [0.717, 1.165) is 30.0 Å². The van der Waals surface area contributed by atoms with Crippen LogP contribution in [0.5, 0.6) is 17.2 Å². The summed E-state index contributed by atoms with van der Waals surface area (Å²) < 4.78 is 18.7. The van der Waals surface area contributed by atoms with Gasteiger partial charge >= 0.3 is 0 Å². The van der Waals surface area contributed by atoms with E-state index in [-0.39, 0.29) is 13.0 Å². The molecule has 6 heteroatoms. The summed E-state index contributed by atoms with van der Waals surface area (Å²) in [5.74, 6) is 2.23. The van der Waals surface area contributed by atoms with Crippen molar-refractivity contribution < 1.29 is 14.2 Å². The van der Waals surface area contributed by atoms with E-state index in [1.165, 1.54) is 5.56 Å². The summed E-state index contributed by atoms with van der Waals surface area (Å²) >= 11 is 0. The van der Waals surface area contributed by atoms with Crippen molar-refractivity contribution in [3.8, 4) is 17.2 Å². The number of methoxy groups -OCH3 is 1. The highest BCUT2D eigenvalue weighted by molar-refractivity contribution is 5.61. The van der Waals surface area contributed by atoms with E-state index in [1.54, 1.807) is 13.3 Å². The summed E-state index contributed by atoms with van der Waals surface area (Å²) in [6.45, 7) is 1.21. The van der Waals surface area contributed by atoms with E-state index in [0.29, 0.717) is 5.75 Å². The molecule has 3 heterocycles. The van der Waals surface area contributed by atoms with Gasteiger partial charge < -0.3 is 14.2 Å². The number of rotatable bonds is 2. The molecule has 0 spiro atoms. The third-order valence-corrected chi connectivity index (χ3v) is 4.13. The lowest BCUT2D eigenvalue weighted by molar-refractivity contribution is 0.168. The van der Waals surface area contributed by atoms with Gasteiger partial charge in [-0.05, 0) is 31.2 Å². The topological polar surface area (TPSA) is 48.8 Å². The predicted molar refractivity (Wildman–Crippen MR) is 75.8 cm³/mol. The van der Waals surface area contributed by atoms with Gasteiger partial charge in [-0.3, -0.25) is 9.58 Å². The van der Waals surface area contributed by atoms with E-state index >= 15 is 0 Å². The third kappa shape index (κ3) is 1.79. The molecule has 0 fully saturated rings. The lowest BCUT2D eigenvalue weighted by Crippen LogP contribution is -2.37. The molecule has 1 aromatic heterocycles. The van der Waals surface area contributed by atoms with Crippen LogP contribution in [0.2, 0.25) is 0 Å². The van der Waals surface area contributed by atoms with E-state index in [2.05, 4.69) is 23.1 Å². The Morgan fingerprint density at radius 1 is 1.38 bits per heavy atom. The third-order valence-electron chi connectivity index (χ3n) is 4.13. The SMILES string of the molecule is COc1c2c(cc3c1[C@H](n1cccn1)N(C)CC3)OCO2. The molecule has 6 nitrogen and oxygen atoms in total. The van der Waals surface area contributed by atoms with Crippen LogP contribution in [-0.2, 0) is 6.42 Å². The second-order valence-electron chi connectivity index (χ2n) is 5.31. The summed E-state index contributed by atoms with van der Waals surface area (Å²) in [6, 6.07) is 4.01. The van der Waals surface area contributed by atoms with Gasteiger partial charge in [0.05, 0.1) is 7.11 Å². The van der Waals surface area contributed by atoms with Crippen molar-refractivity contribution in [2.45, 2.75) is 12.6 Å². The zero-order valence-corrected chi connectivity index (χ0v) is 12.1. The van der Waals surface area contributed by atoms with Crippen molar-refractivity contribution in [2.24, 2.45) is 0 Å². The molecule has 4 rings (SSSR count). The molecule has 0 unspecified atom stereocenters. The number of nitrogens with zero attached hydrogens (tertiary/aromatic N) is 3. The maximum atomic E-state index is 5.66. The van der Waals surface area contributed by atoms with E-state index in [1.807, 2.05) is 16.9 Å². The fraction of sp³-hybridized carbons (Fsp3) is 0.400. The highest BCUT2D eigenvalue weighted by Crippen LogP contribution is 2.49. The average molecular weight is 287 g/mol. The number of hydrogen-bond donors (Lipinski definition) is 0. The summed E-state index contributed by atoms with van der Waals surface area (Å²) in [7, 11) is 3.77. The maximum Gasteiger partial charge on any atom is 0.231 e. The number of aromatic nitrogens is 2. The van der Waals surface area contributed by atoms with Gasteiger partial charge in [0.15, 0.2) is 11.5 Å². The molecule has 1 aromatic carbocycles. The van der Waals surface area contributed by atoms with Crippen molar-refractivity contribution in [1.82, 2.24) is 14.7 Å². The first kappa shape index (κ1) is 12.5. The first-order valence-electron chi connectivity index (χ1n) is 6.98. The van der Waals surface area contributed by atoms with E-state index in [9.17, 15) is 0 Å². The fourth-order valence-corrected chi connectivity index (χ4v) is 3.17. The monoisotopic (exact) mass is 287 g/mol. The molecule has 0 radical (unpaired) electrons. The van der Waals surface area contributed by atoms with Crippen LogP contribution in [0.3, 0.4) is 0 Å². The van der Waals surface area contributed by atoms with Crippen LogP contribution in [0, 0.1) is 0 Å². The standard InChI is InChI=1S/C15H17N3O3/c1-17-7-4-10-8-11-13(21-9-20-11)14(19-2)12(10)15(17)18-6-3-5-16-18/h3,5-6,8,15H,4,7,9H2,1-2H3/t15-/m0/s1. The number of fused-ring (bicyclic) bond motifs is 2. The van der Waals surface area contributed by atoms with Gasteiger partial charge in [0.1, 0.15) is 6.17 Å². The number of ether oxygens (including phenoxy) is 3. The molecule has 110 valence electrons. The fourth-order valence-electron chi connectivity index (χ4n) is 3.17. The first-order chi connectivity index (χ1) is 10.3. The minimum Gasteiger partial charge on any atom is -0.492 e. The Morgan fingerprint density at radius 2 is 2.29 bits per heavy atom. The van der Waals surface area contributed by atoms with E-state index < -0.39 is 0 Å². The van der Waals surface area contributed by atoms with Crippen molar-refractivity contribution in [2.75, 3.05) is 27.5 Å². The second kappa shape index (κ2) is 4.66. The van der Waals surface area contributed by atoms with Gasteiger partial charge in [0.25, 0.3) is 0 Å². The summed E-state index contributed by atoms with van der Waals surface area (Å²) in [4.78, 5) is 2.26. The Morgan fingerprint density at radius 3 is 3.05 bits per heavy atom. The molecule has 0 bridgehead atoms.